The molecule has 1 aromatic rings. The Morgan fingerprint density at radius 1 is 1.53 bits per heavy atom. The Balaban J connectivity index is 2.82. The molecule has 2 N–H and O–H groups in total. The van der Waals surface area contributed by atoms with E-state index in [1.807, 2.05) is 0 Å². The van der Waals surface area contributed by atoms with Crippen LogP contribution in [-0.2, 0) is 4.79 Å². The van der Waals surface area contributed by atoms with Gasteiger partial charge in [-0.2, -0.15) is 0 Å². The number of nitro groups is 1. The van der Waals surface area contributed by atoms with Crippen molar-refractivity contribution in [1.29, 1.82) is 0 Å². The number of carboxylic acids is 1. The topological polar surface area (TPSA) is 101 Å². The zero-order valence-electron chi connectivity index (χ0n) is 9.24. The van der Waals surface area contributed by atoms with Crippen LogP contribution in [0.5, 0.6) is 0 Å². The van der Waals surface area contributed by atoms with E-state index in [2.05, 4.69) is 0 Å². The minimum absolute atomic E-state index is 0.0243. The molecule has 0 aliphatic heterocycles. The summed E-state index contributed by atoms with van der Waals surface area (Å²) in [4.78, 5) is 20.6. The van der Waals surface area contributed by atoms with Crippen molar-refractivity contribution in [2.75, 3.05) is 0 Å². The number of carbonyl (C=O) groups is 1. The molecule has 0 heterocycles. The molecule has 0 aromatic heterocycles. The molecule has 1 rings (SSSR count). The zero-order valence-corrected chi connectivity index (χ0v) is 9.24. The van der Waals surface area contributed by atoms with Crippen molar-refractivity contribution >= 4 is 11.7 Å². The third kappa shape index (κ3) is 3.53. The number of non-ortho nitro benzene ring substituents is 1. The van der Waals surface area contributed by atoms with E-state index in [1.165, 1.54) is 31.2 Å². The quantitative estimate of drug-likeness (QED) is 0.602. The average molecular weight is 239 g/mol. The first kappa shape index (κ1) is 13.1. The van der Waals surface area contributed by atoms with Crippen molar-refractivity contribution in [3.8, 4) is 0 Å². The van der Waals surface area contributed by atoms with Gasteiger partial charge < -0.3 is 10.2 Å². The van der Waals surface area contributed by atoms with Crippen molar-refractivity contribution in [3.05, 3.63) is 39.9 Å². The van der Waals surface area contributed by atoms with Gasteiger partial charge in [0.15, 0.2) is 0 Å². The van der Waals surface area contributed by atoms with E-state index in [4.69, 9.17) is 5.11 Å². The lowest BCUT2D eigenvalue weighted by atomic mass is 9.98. The maximum Gasteiger partial charge on any atom is 0.306 e. The van der Waals surface area contributed by atoms with E-state index in [0.717, 1.165) is 0 Å². The number of nitro benzene ring substituents is 1. The fraction of sp³-hybridized carbons (Fsp3) is 0.364. The maximum atomic E-state index is 10.6. The predicted molar refractivity (Wildman–Crippen MR) is 59.5 cm³/mol. The molecular weight excluding hydrogens is 226 g/mol. The highest BCUT2D eigenvalue weighted by molar-refractivity contribution is 5.69. The molecule has 0 bridgehead atoms. The van der Waals surface area contributed by atoms with E-state index < -0.39 is 22.9 Å². The van der Waals surface area contributed by atoms with Crippen LogP contribution in [-0.4, -0.2) is 21.1 Å². The Labute approximate surface area is 97.7 Å². The number of aliphatic hydroxyl groups is 1. The minimum atomic E-state index is -1.01. The molecule has 17 heavy (non-hydrogen) atoms. The molecule has 6 heteroatoms. The summed E-state index contributed by atoms with van der Waals surface area (Å²) in [5.74, 6) is -1.71. The van der Waals surface area contributed by atoms with Crippen LogP contribution >= 0.6 is 0 Å². The Bertz CT molecular complexity index is 432. The predicted octanol–water partition coefficient (Wildman–Crippen LogP) is 1.74. The molecule has 0 aliphatic rings. The van der Waals surface area contributed by atoms with E-state index >= 15 is 0 Å². The summed E-state index contributed by atoms with van der Waals surface area (Å²) in [5, 5.41) is 29.0. The summed E-state index contributed by atoms with van der Waals surface area (Å²) in [6.07, 6.45) is -0.989. The standard InChI is InChI=1S/C11H13NO5/c1-7(11(14)15)5-10(13)8-3-2-4-9(6-8)12(16)17/h2-4,6-7,10,13H,5H2,1H3,(H,14,15). The average Bonchev–Trinajstić information content (AvgIpc) is 2.28. The largest absolute Gasteiger partial charge is 0.481 e. The van der Waals surface area contributed by atoms with Gasteiger partial charge in [-0.3, -0.25) is 14.9 Å². The van der Waals surface area contributed by atoms with Crippen LogP contribution in [0.2, 0.25) is 0 Å². The van der Waals surface area contributed by atoms with Gasteiger partial charge in [0.25, 0.3) is 5.69 Å². The van der Waals surface area contributed by atoms with Gasteiger partial charge in [-0.1, -0.05) is 19.1 Å². The van der Waals surface area contributed by atoms with Gasteiger partial charge >= 0.3 is 5.97 Å². The fourth-order valence-electron chi connectivity index (χ4n) is 1.42. The van der Waals surface area contributed by atoms with Crippen molar-refractivity contribution in [2.45, 2.75) is 19.4 Å². The van der Waals surface area contributed by atoms with Crippen molar-refractivity contribution < 1.29 is 19.9 Å². The summed E-state index contributed by atoms with van der Waals surface area (Å²) >= 11 is 0. The van der Waals surface area contributed by atoms with E-state index in [9.17, 15) is 20.0 Å². The van der Waals surface area contributed by atoms with Crippen LogP contribution in [0.4, 0.5) is 5.69 Å². The molecule has 2 unspecified atom stereocenters. The molecule has 0 amide bonds. The normalized spacial score (nSPS) is 14.0. The monoisotopic (exact) mass is 239 g/mol. The van der Waals surface area contributed by atoms with Gasteiger partial charge in [-0.15, -0.1) is 0 Å². The third-order valence-corrected chi connectivity index (χ3v) is 2.46. The second-order valence-electron chi connectivity index (χ2n) is 3.84. The van der Waals surface area contributed by atoms with Crippen molar-refractivity contribution in [2.24, 2.45) is 5.92 Å². The highest BCUT2D eigenvalue weighted by Crippen LogP contribution is 2.24. The van der Waals surface area contributed by atoms with Crippen LogP contribution in [0.3, 0.4) is 0 Å². The molecule has 0 radical (unpaired) electrons. The maximum absolute atomic E-state index is 10.6. The second kappa shape index (κ2) is 5.40. The van der Waals surface area contributed by atoms with Gasteiger partial charge in [-0.05, 0) is 12.0 Å². The number of aliphatic carboxylic acids is 1. The van der Waals surface area contributed by atoms with Crippen LogP contribution in [0.15, 0.2) is 24.3 Å². The highest BCUT2D eigenvalue weighted by atomic mass is 16.6. The van der Waals surface area contributed by atoms with E-state index in [-0.39, 0.29) is 12.1 Å². The van der Waals surface area contributed by atoms with E-state index in [0.29, 0.717) is 5.56 Å². The SMILES string of the molecule is CC(CC(O)c1cccc([N+](=O)[O-])c1)C(=O)O. The van der Waals surface area contributed by atoms with Gasteiger partial charge in [-0.25, -0.2) is 0 Å². The summed E-state index contributed by atoms with van der Waals surface area (Å²) < 4.78 is 0. The first-order chi connectivity index (χ1) is 7.91. The summed E-state index contributed by atoms with van der Waals surface area (Å²) in [5.41, 5.74) is 0.233. The van der Waals surface area contributed by atoms with Crippen LogP contribution < -0.4 is 0 Å². The lowest BCUT2D eigenvalue weighted by Crippen LogP contribution is -2.13. The molecule has 0 saturated heterocycles. The number of rotatable bonds is 5. The lowest BCUT2D eigenvalue weighted by molar-refractivity contribution is -0.385. The molecular formula is C11H13NO5. The Morgan fingerprint density at radius 2 is 2.18 bits per heavy atom. The number of nitrogens with zero attached hydrogens (tertiary/aromatic N) is 1. The molecule has 92 valence electrons. The van der Waals surface area contributed by atoms with Gasteiger partial charge in [0.1, 0.15) is 0 Å². The van der Waals surface area contributed by atoms with Gasteiger partial charge in [0.2, 0.25) is 0 Å². The third-order valence-electron chi connectivity index (χ3n) is 2.46. The van der Waals surface area contributed by atoms with E-state index in [1.54, 1.807) is 0 Å². The number of hydrogen-bond donors (Lipinski definition) is 2. The van der Waals surface area contributed by atoms with Crippen molar-refractivity contribution in [3.63, 3.8) is 0 Å². The number of aliphatic hydroxyl groups excluding tert-OH is 1. The Kier molecular flexibility index (Phi) is 4.17. The van der Waals surface area contributed by atoms with Gasteiger partial charge in [0, 0.05) is 12.1 Å². The smallest absolute Gasteiger partial charge is 0.306 e. The first-order valence-electron chi connectivity index (χ1n) is 5.07. The van der Waals surface area contributed by atoms with Crippen LogP contribution in [0.25, 0.3) is 0 Å². The molecule has 0 aliphatic carbocycles. The van der Waals surface area contributed by atoms with Gasteiger partial charge in [0.05, 0.1) is 16.9 Å². The van der Waals surface area contributed by atoms with Crippen LogP contribution in [0.1, 0.15) is 25.0 Å². The first-order valence-corrected chi connectivity index (χ1v) is 5.07. The fourth-order valence-corrected chi connectivity index (χ4v) is 1.42. The van der Waals surface area contributed by atoms with Crippen LogP contribution in [0, 0.1) is 16.0 Å². The number of hydrogen-bond acceptors (Lipinski definition) is 4. The van der Waals surface area contributed by atoms with Crippen molar-refractivity contribution in [1.82, 2.24) is 0 Å². The Morgan fingerprint density at radius 3 is 2.71 bits per heavy atom. The summed E-state index contributed by atoms with van der Waals surface area (Å²) in [6, 6.07) is 5.56. The Hall–Kier alpha value is -1.95. The molecule has 0 spiro atoms. The number of carboxylic acid groups (broad SMARTS) is 1. The lowest BCUT2D eigenvalue weighted by Gasteiger charge is -2.13. The molecule has 0 fully saturated rings. The number of benzene rings is 1. The minimum Gasteiger partial charge on any atom is -0.481 e. The summed E-state index contributed by atoms with van der Waals surface area (Å²) in [7, 11) is 0. The zero-order chi connectivity index (χ0) is 13.0. The highest BCUT2D eigenvalue weighted by Gasteiger charge is 2.19. The molecule has 0 saturated carbocycles. The summed E-state index contributed by atoms with van der Waals surface area (Å²) in [6.45, 7) is 1.48. The molecule has 6 nitrogen and oxygen atoms in total. The second-order valence-corrected chi connectivity index (χ2v) is 3.84. The molecule has 1 aromatic carbocycles. The molecule has 2 atom stereocenters.